The van der Waals surface area contributed by atoms with E-state index in [1.54, 1.807) is 0 Å². The number of likely N-dealkylation sites (N-methyl/N-ethyl adjacent to an activating group) is 1. The van der Waals surface area contributed by atoms with Crippen LogP contribution in [0, 0.1) is 13.8 Å². The molecule has 1 aliphatic rings. The summed E-state index contributed by atoms with van der Waals surface area (Å²) in [5.74, 6) is 0.248. The molecule has 1 fully saturated rings. The average molecular weight is 288 g/mol. The van der Waals surface area contributed by atoms with Gasteiger partial charge in [0.25, 0.3) is 0 Å². The Balaban J connectivity index is 2.09. The van der Waals surface area contributed by atoms with Crippen molar-refractivity contribution in [2.45, 2.75) is 45.7 Å². The Morgan fingerprint density at radius 2 is 2.00 bits per heavy atom. The first-order valence-electron chi connectivity index (χ1n) is 7.92. The van der Waals surface area contributed by atoms with E-state index in [1.807, 2.05) is 18.2 Å². The Hall–Kier alpha value is -1.19. The Bertz CT molecular complexity index is 510. The highest BCUT2D eigenvalue weighted by Gasteiger charge is 2.28. The molecule has 21 heavy (non-hydrogen) atoms. The normalized spacial score (nSPS) is 21.5. The van der Waals surface area contributed by atoms with Crippen LogP contribution in [-0.4, -0.2) is 54.9 Å². The molecule has 2 atom stereocenters. The van der Waals surface area contributed by atoms with Gasteiger partial charge in [0, 0.05) is 18.2 Å². The first kappa shape index (κ1) is 16.2. The maximum atomic E-state index is 12.7. The summed E-state index contributed by atoms with van der Waals surface area (Å²) >= 11 is 0. The largest absolute Gasteiger partial charge is 0.305 e. The second-order valence-electron chi connectivity index (χ2n) is 6.59. The van der Waals surface area contributed by atoms with Crippen LogP contribution < -0.4 is 0 Å². The fourth-order valence-corrected chi connectivity index (χ4v) is 3.06. The molecule has 0 aromatic heterocycles. The van der Waals surface area contributed by atoms with Crippen LogP contribution >= 0.6 is 0 Å². The maximum Gasteiger partial charge on any atom is 0.179 e. The zero-order valence-corrected chi connectivity index (χ0v) is 14.0. The third kappa shape index (κ3) is 3.72. The van der Waals surface area contributed by atoms with Gasteiger partial charge >= 0.3 is 0 Å². The molecular formula is C18H28N2O. The third-order valence-corrected chi connectivity index (χ3v) is 4.88. The van der Waals surface area contributed by atoms with E-state index in [0.717, 1.165) is 18.7 Å². The molecule has 0 spiro atoms. The van der Waals surface area contributed by atoms with E-state index >= 15 is 0 Å². The predicted octanol–water partition coefficient (Wildman–Crippen LogP) is 2.90. The molecule has 1 heterocycles. The highest BCUT2D eigenvalue weighted by molar-refractivity contribution is 6.00. The number of Topliss-reactive ketones (excluding diaryl/α,β-unsaturated/α-hetero) is 1. The number of carbonyl (C=O) groups excluding carboxylic acids is 1. The van der Waals surface area contributed by atoms with E-state index in [1.165, 1.54) is 24.0 Å². The minimum atomic E-state index is -0.0325. The number of hydrogen-bond acceptors (Lipinski definition) is 3. The summed E-state index contributed by atoms with van der Waals surface area (Å²) < 4.78 is 0. The van der Waals surface area contributed by atoms with Crippen molar-refractivity contribution in [2.75, 3.05) is 27.2 Å². The van der Waals surface area contributed by atoms with Crippen molar-refractivity contribution in [2.24, 2.45) is 0 Å². The van der Waals surface area contributed by atoms with Gasteiger partial charge in [-0.2, -0.15) is 0 Å². The zero-order chi connectivity index (χ0) is 15.6. The molecule has 3 heteroatoms. The number of carbonyl (C=O) groups is 1. The van der Waals surface area contributed by atoms with E-state index in [9.17, 15) is 4.79 Å². The van der Waals surface area contributed by atoms with Gasteiger partial charge in [0.05, 0.1) is 6.04 Å². The number of aryl methyl sites for hydroxylation is 2. The standard InChI is InChI=1S/C18H28N2O/c1-13-8-9-16(11-14(13)2)18(21)15(3)20-10-6-7-17(12-20)19(4)5/h8-9,11,15,17H,6-7,10,12H2,1-5H3. The van der Waals surface area contributed by atoms with Crippen LogP contribution in [0.3, 0.4) is 0 Å². The fraction of sp³-hybridized carbons (Fsp3) is 0.611. The van der Waals surface area contributed by atoms with Gasteiger partial charge in [-0.15, -0.1) is 0 Å². The summed E-state index contributed by atoms with van der Waals surface area (Å²) in [6.45, 7) is 8.22. The lowest BCUT2D eigenvalue weighted by Crippen LogP contribution is -2.50. The lowest BCUT2D eigenvalue weighted by Gasteiger charge is -2.38. The number of hydrogen-bond donors (Lipinski definition) is 0. The van der Waals surface area contributed by atoms with Crippen LogP contribution in [0.4, 0.5) is 0 Å². The van der Waals surface area contributed by atoms with Crippen molar-refractivity contribution in [1.82, 2.24) is 9.80 Å². The minimum absolute atomic E-state index is 0.0325. The molecule has 0 saturated carbocycles. The van der Waals surface area contributed by atoms with Crippen molar-refractivity contribution in [1.29, 1.82) is 0 Å². The monoisotopic (exact) mass is 288 g/mol. The summed E-state index contributed by atoms with van der Waals surface area (Å²) in [6, 6.07) is 6.58. The van der Waals surface area contributed by atoms with Crippen molar-refractivity contribution in [3.8, 4) is 0 Å². The van der Waals surface area contributed by atoms with Gasteiger partial charge in [0.1, 0.15) is 0 Å². The molecule has 0 radical (unpaired) electrons. The molecule has 2 rings (SSSR count). The van der Waals surface area contributed by atoms with Gasteiger partial charge in [-0.3, -0.25) is 9.69 Å². The van der Waals surface area contributed by atoms with Gasteiger partial charge in [-0.25, -0.2) is 0 Å². The predicted molar refractivity (Wildman–Crippen MR) is 88.0 cm³/mol. The molecule has 0 bridgehead atoms. The van der Waals surface area contributed by atoms with Crippen molar-refractivity contribution in [3.05, 3.63) is 34.9 Å². The van der Waals surface area contributed by atoms with Crippen molar-refractivity contribution in [3.63, 3.8) is 0 Å². The third-order valence-electron chi connectivity index (χ3n) is 4.88. The summed E-state index contributed by atoms with van der Waals surface area (Å²) in [7, 11) is 4.26. The molecule has 2 unspecified atom stereocenters. The first-order chi connectivity index (χ1) is 9.90. The molecule has 0 N–H and O–H groups in total. The Morgan fingerprint density at radius 3 is 2.62 bits per heavy atom. The number of rotatable bonds is 4. The Kier molecular flexibility index (Phi) is 5.17. The zero-order valence-electron chi connectivity index (χ0n) is 14.0. The minimum Gasteiger partial charge on any atom is -0.305 e. The molecule has 1 aromatic rings. The highest BCUT2D eigenvalue weighted by Crippen LogP contribution is 2.19. The van der Waals surface area contributed by atoms with E-state index in [0.29, 0.717) is 6.04 Å². The highest BCUT2D eigenvalue weighted by atomic mass is 16.1. The second kappa shape index (κ2) is 6.71. The second-order valence-corrected chi connectivity index (χ2v) is 6.59. The van der Waals surface area contributed by atoms with Gasteiger partial charge < -0.3 is 4.90 Å². The Labute approximate surface area is 128 Å². The van der Waals surface area contributed by atoms with E-state index in [2.05, 4.69) is 44.7 Å². The fourth-order valence-electron chi connectivity index (χ4n) is 3.06. The van der Waals surface area contributed by atoms with Crippen molar-refractivity contribution < 1.29 is 4.79 Å². The number of benzene rings is 1. The van der Waals surface area contributed by atoms with Crippen LogP contribution in [0.15, 0.2) is 18.2 Å². The number of likely N-dealkylation sites (tertiary alicyclic amines) is 1. The molecule has 1 saturated heterocycles. The van der Waals surface area contributed by atoms with Gasteiger partial charge in [0.15, 0.2) is 5.78 Å². The first-order valence-corrected chi connectivity index (χ1v) is 7.92. The van der Waals surface area contributed by atoms with Crippen LogP contribution in [0.2, 0.25) is 0 Å². The van der Waals surface area contributed by atoms with Crippen LogP contribution in [0.1, 0.15) is 41.3 Å². The topological polar surface area (TPSA) is 23.6 Å². The van der Waals surface area contributed by atoms with Gasteiger partial charge in [-0.05, 0) is 71.4 Å². The van der Waals surface area contributed by atoms with Crippen molar-refractivity contribution >= 4 is 5.78 Å². The molecule has 1 aromatic carbocycles. The quantitative estimate of drug-likeness (QED) is 0.796. The Morgan fingerprint density at radius 1 is 1.29 bits per heavy atom. The van der Waals surface area contributed by atoms with E-state index in [-0.39, 0.29) is 11.8 Å². The van der Waals surface area contributed by atoms with Crippen LogP contribution in [0.25, 0.3) is 0 Å². The molecule has 0 aliphatic carbocycles. The lowest BCUT2D eigenvalue weighted by molar-refractivity contribution is 0.0698. The number of ketones is 1. The summed E-state index contributed by atoms with van der Waals surface area (Å²) in [6.07, 6.45) is 2.40. The number of piperidine rings is 1. The molecule has 1 aliphatic heterocycles. The van der Waals surface area contributed by atoms with E-state index < -0.39 is 0 Å². The SMILES string of the molecule is Cc1ccc(C(=O)C(C)N2CCCC(N(C)C)C2)cc1C. The smallest absolute Gasteiger partial charge is 0.179 e. The summed E-state index contributed by atoms with van der Waals surface area (Å²) in [5.41, 5.74) is 3.28. The van der Waals surface area contributed by atoms with Crippen LogP contribution in [0.5, 0.6) is 0 Å². The number of nitrogens with zero attached hydrogens (tertiary/aromatic N) is 2. The average Bonchev–Trinajstić information content (AvgIpc) is 2.48. The molecule has 0 amide bonds. The van der Waals surface area contributed by atoms with Crippen LogP contribution in [-0.2, 0) is 0 Å². The molecule has 3 nitrogen and oxygen atoms in total. The lowest BCUT2D eigenvalue weighted by atomic mass is 9.97. The summed E-state index contributed by atoms with van der Waals surface area (Å²) in [5, 5.41) is 0. The molecular weight excluding hydrogens is 260 g/mol. The van der Waals surface area contributed by atoms with Gasteiger partial charge in [0.2, 0.25) is 0 Å². The van der Waals surface area contributed by atoms with Gasteiger partial charge in [-0.1, -0.05) is 12.1 Å². The maximum absolute atomic E-state index is 12.7. The summed E-state index contributed by atoms with van der Waals surface area (Å²) in [4.78, 5) is 17.3. The van der Waals surface area contributed by atoms with E-state index in [4.69, 9.17) is 0 Å². The molecule has 116 valence electrons.